The molecule has 2 fully saturated rings. The van der Waals surface area contributed by atoms with Crippen LogP contribution in [0.2, 0.25) is 5.02 Å². The molecule has 2 amide bonds. The first-order chi connectivity index (χ1) is 15.4. The molecular weight excluding hydrogens is 424 g/mol. The fraction of sp³-hybridized carbons (Fsp3) is 0.692. The normalized spacial score (nSPS) is 21.7. The molecule has 1 atom stereocenters. The number of rotatable bonds is 8. The van der Waals surface area contributed by atoms with E-state index in [1.54, 1.807) is 0 Å². The van der Waals surface area contributed by atoms with Crippen molar-refractivity contribution in [2.75, 3.05) is 32.8 Å². The number of aryl methyl sites for hydroxylation is 1. The Bertz CT molecular complexity index is 789. The highest BCUT2D eigenvalue weighted by Gasteiger charge is 2.41. The lowest BCUT2D eigenvalue weighted by Crippen LogP contribution is -2.52. The summed E-state index contributed by atoms with van der Waals surface area (Å²) < 4.78 is 6.25. The number of carbonyl (C=O) groups is 2. The van der Waals surface area contributed by atoms with Crippen LogP contribution in [0.1, 0.15) is 70.8 Å². The summed E-state index contributed by atoms with van der Waals surface area (Å²) in [5.41, 5.74) is 0.610. The second-order valence-corrected chi connectivity index (χ2v) is 10.1. The number of hydrogen-bond acceptors (Lipinski definition) is 3. The lowest BCUT2D eigenvalue weighted by Gasteiger charge is -2.44. The molecule has 2 heterocycles. The molecule has 0 saturated carbocycles. The minimum absolute atomic E-state index is 0.0587. The zero-order valence-corrected chi connectivity index (χ0v) is 20.8. The number of amides is 2. The van der Waals surface area contributed by atoms with Gasteiger partial charge in [-0.25, -0.2) is 0 Å². The molecule has 5 nitrogen and oxygen atoms in total. The Balaban J connectivity index is 1.78. The van der Waals surface area contributed by atoms with Crippen LogP contribution in [-0.2, 0) is 9.59 Å². The van der Waals surface area contributed by atoms with Crippen LogP contribution in [0.15, 0.2) is 18.2 Å². The average molecular weight is 463 g/mol. The summed E-state index contributed by atoms with van der Waals surface area (Å²) in [6, 6.07) is 5.67. The molecule has 3 rings (SSSR count). The molecule has 2 aliphatic rings. The van der Waals surface area contributed by atoms with Crippen molar-refractivity contribution in [3.63, 3.8) is 0 Å². The Morgan fingerprint density at radius 1 is 1.06 bits per heavy atom. The van der Waals surface area contributed by atoms with Gasteiger partial charge >= 0.3 is 0 Å². The Morgan fingerprint density at radius 3 is 2.41 bits per heavy atom. The number of hydrogen-bond donors (Lipinski definition) is 0. The number of nitrogens with zero attached hydrogens (tertiary/aromatic N) is 2. The molecule has 0 bridgehead atoms. The fourth-order valence-electron chi connectivity index (χ4n) is 5.12. The van der Waals surface area contributed by atoms with Crippen molar-refractivity contribution < 1.29 is 14.3 Å². The predicted molar refractivity (Wildman–Crippen MR) is 129 cm³/mol. The standard InChI is InChI=1S/C26H39ClN2O3/c1-4-21(5-2)25(31)29-15-9-12-26(18-29,17-24(30)28-13-7-6-8-14-28)19-32-22-10-11-23(27)20(3)16-22/h10-11,16,21H,4-9,12-15,17-19H2,1-3H3/t26-/m1/s1. The van der Waals surface area contributed by atoms with Crippen molar-refractivity contribution in [1.82, 2.24) is 9.80 Å². The number of halogens is 1. The van der Waals surface area contributed by atoms with Crippen LogP contribution < -0.4 is 4.74 Å². The summed E-state index contributed by atoms with van der Waals surface area (Å²) in [7, 11) is 0. The largest absolute Gasteiger partial charge is 0.493 e. The van der Waals surface area contributed by atoms with Crippen molar-refractivity contribution >= 4 is 23.4 Å². The summed E-state index contributed by atoms with van der Waals surface area (Å²) in [5, 5.41) is 0.715. The summed E-state index contributed by atoms with van der Waals surface area (Å²) >= 11 is 6.17. The molecule has 0 radical (unpaired) electrons. The summed E-state index contributed by atoms with van der Waals surface area (Å²) in [4.78, 5) is 30.4. The number of piperidine rings is 2. The van der Waals surface area contributed by atoms with Gasteiger partial charge in [-0.2, -0.15) is 0 Å². The molecule has 178 valence electrons. The highest BCUT2D eigenvalue weighted by atomic mass is 35.5. The van der Waals surface area contributed by atoms with Gasteiger partial charge in [0.1, 0.15) is 5.75 Å². The zero-order chi connectivity index (χ0) is 23.1. The number of benzene rings is 1. The van der Waals surface area contributed by atoms with Gasteiger partial charge in [0.25, 0.3) is 0 Å². The van der Waals surface area contributed by atoms with Gasteiger partial charge in [0.15, 0.2) is 0 Å². The summed E-state index contributed by atoms with van der Waals surface area (Å²) in [6.45, 7) is 9.61. The van der Waals surface area contributed by atoms with Crippen LogP contribution in [0.4, 0.5) is 0 Å². The Morgan fingerprint density at radius 2 is 1.75 bits per heavy atom. The third kappa shape index (κ3) is 6.18. The van der Waals surface area contributed by atoms with Crippen molar-refractivity contribution in [3.05, 3.63) is 28.8 Å². The van der Waals surface area contributed by atoms with Gasteiger partial charge < -0.3 is 14.5 Å². The second-order valence-electron chi connectivity index (χ2n) is 9.69. The zero-order valence-electron chi connectivity index (χ0n) is 20.0. The maximum absolute atomic E-state index is 13.3. The van der Waals surface area contributed by atoms with Gasteiger partial charge in [0, 0.05) is 49.0 Å². The summed E-state index contributed by atoms with van der Waals surface area (Å²) in [6.07, 6.45) is 7.31. The minimum atomic E-state index is -0.359. The highest BCUT2D eigenvalue weighted by molar-refractivity contribution is 6.31. The van der Waals surface area contributed by atoms with E-state index in [0.29, 0.717) is 24.6 Å². The van der Waals surface area contributed by atoms with E-state index in [2.05, 4.69) is 13.8 Å². The molecule has 0 unspecified atom stereocenters. The molecular formula is C26H39ClN2O3. The Hall–Kier alpha value is -1.75. The van der Waals surface area contributed by atoms with Gasteiger partial charge in [-0.15, -0.1) is 0 Å². The van der Waals surface area contributed by atoms with Crippen LogP contribution in [-0.4, -0.2) is 54.4 Å². The molecule has 6 heteroatoms. The quantitative estimate of drug-likeness (QED) is 0.514. The molecule has 1 aromatic carbocycles. The second kappa shape index (κ2) is 11.4. The monoisotopic (exact) mass is 462 g/mol. The lowest BCUT2D eigenvalue weighted by atomic mass is 9.76. The van der Waals surface area contributed by atoms with E-state index >= 15 is 0 Å². The number of ether oxygens (including phenoxy) is 1. The fourth-order valence-corrected chi connectivity index (χ4v) is 5.24. The van der Waals surface area contributed by atoms with Crippen LogP contribution in [0.3, 0.4) is 0 Å². The van der Waals surface area contributed by atoms with Crippen LogP contribution in [0.5, 0.6) is 5.75 Å². The molecule has 32 heavy (non-hydrogen) atoms. The predicted octanol–water partition coefficient (Wildman–Crippen LogP) is 5.47. The van der Waals surface area contributed by atoms with Crippen molar-refractivity contribution in [2.45, 2.75) is 72.1 Å². The first-order valence-electron chi connectivity index (χ1n) is 12.3. The van der Waals surface area contributed by atoms with Crippen LogP contribution in [0.25, 0.3) is 0 Å². The van der Waals surface area contributed by atoms with Crippen molar-refractivity contribution in [1.29, 1.82) is 0 Å². The van der Waals surface area contributed by atoms with Gasteiger partial charge in [0.05, 0.1) is 6.61 Å². The van der Waals surface area contributed by atoms with Gasteiger partial charge in [0.2, 0.25) is 11.8 Å². The van der Waals surface area contributed by atoms with Gasteiger partial charge in [-0.05, 0) is 75.6 Å². The molecule has 1 aromatic rings. The molecule has 0 spiro atoms. The SMILES string of the molecule is CCC(CC)C(=O)N1CCC[C@@](COc2ccc(Cl)c(C)c2)(CC(=O)N2CCCCC2)C1. The third-order valence-electron chi connectivity index (χ3n) is 7.22. The molecule has 0 aromatic heterocycles. The van der Waals surface area contributed by atoms with E-state index in [-0.39, 0.29) is 23.1 Å². The number of likely N-dealkylation sites (tertiary alicyclic amines) is 2. The Labute approximate surface area is 198 Å². The molecule has 2 saturated heterocycles. The minimum Gasteiger partial charge on any atom is -0.493 e. The van der Waals surface area contributed by atoms with E-state index in [0.717, 1.165) is 69.5 Å². The van der Waals surface area contributed by atoms with Crippen LogP contribution >= 0.6 is 11.6 Å². The maximum Gasteiger partial charge on any atom is 0.225 e. The highest BCUT2D eigenvalue weighted by Crippen LogP contribution is 2.37. The Kier molecular flexibility index (Phi) is 8.87. The smallest absolute Gasteiger partial charge is 0.225 e. The van der Waals surface area contributed by atoms with Gasteiger partial charge in [-0.1, -0.05) is 25.4 Å². The first kappa shape index (κ1) is 24.9. The molecule has 0 N–H and O–H groups in total. The first-order valence-corrected chi connectivity index (χ1v) is 12.7. The third-order valence-corrected chi connectivity index (χ3v) is 7.64. The van der Waals surface area contributed by atoms with E-state index in [4.69, 9.17) is 16.3 Å². The van der Waals surface area contributed by atoms with E-state index in [1.165, 1.54) is 6.42 Å². The van der Waals surface area contributed by atoms with E-state index < -0.39 is 0 Å². The van der Waals surface area contributed by atoms with Crippen LogP contribution in [0, 0.1) is 18.3 Å². The lowest BCUT2D eigenvalue weighted by molar-refractivity contribution is -0.144. The molecule has 2 aliphatic heterocycles. The van der Waals surface area contributed by atoms with E-state index in [9.17, 15) is 9.59 Å². The summed E-state index contributed by atoms with van der Waals surface area (Å²) in [5.74, 6) is 1.26. The average Bonchev–Trinajstić information content (AvgIpc) is 2.81. The molecule has 0 aliphatic carbocycles. The topological polar surface area (TPSA) is 49.9 Å². The van der Waals surface area contributed by atoms with Gasteiger partial charge in [-0.3, -0.25) is 9.59 Å². The van der Waals surface area contributed by atoms with Crippen molar-refractivity contribution in [2.24, 2.45) is 11.3 Å². The van der Waals surface area contributed by atoms with E-state index in [1.807, 2.05) is 34.9 Å². The maximum atomic E-state index is 13.3. The number of carbonyl (C=O) groups excluding carboxylic acids is 2. The van der Waals surface area contributed by atoms with Crippen molar-refractivity contribution in [3.8, 4) is 5.75 Å².